The zero-order chi connectivity index (χ0) is 12.8. The van der Waals surface area contributed by atoms with E-state index in [9.17, 15) is 18.0 Å². The standard InChI is InChI=1S/C10H11F3N2O2/c1-5(6-2-3-6)15-8(10(11,12)13)4-7(14-15)9(16)17/h4-6H,2-3H2,1H3,(H,16,17)/t5-/m0/s1. The van der Waals surface area contributed by atoms with E-state index in [1.165, 1.54) is 0 Å². The molecule has 4 nitrogen and oxygen atoms in total. The Morgan fingerprint density at radius 2 is 2.18 bits per heavy atom. The van der Waals surface area contributed by atoms with Crippen LogP contribution in [0.15, 0.2) is 6.07 Å². The van der Waals surface area contributed by atoms with Crippen molar-refractivity contribution in [1.82, 2.24) is 9.78 Å². The molecule has 0 aliphatic heterocycles. The molecule has 2 rings (SSSR count). The minimum atomic E-state index is -4.58. The average molecular weight is 248 g/mol. The van der Waals surface area contributed by atoms with Gasteiger partial charge in [0.15, 0.2) is 5.69 Å². The highest BCUT2D eigenvalue weighted by Crippen LogP contribution is 2.41. The lowest BCUT2D eigenvalue weighted by molar-refractivity contribution is -0.145. The summed E-state index contributed by atoms with van der Waals surface area (Å²) >= 11 is 0. The van der Waals surface area contributed by atoms with Crippen molar-refractivity contribution < 1.29 is 23.1 Å². The van der Waals surface area contributed by atoms with E-state index in [-0.39, 0.29) is 5.92 Å². The van der Waals surface area contributed by atoms with Gasteiger partial charge in [-0.05, 0) is 25.7 Å². The van der Waals surface area contributed by atoms with Crippen LogP contribution in [0.1, 0.15) is 42.0 Å². The van der Waals surface area contributed by atoms with Gasteiger partial charge in [0.2, 0.25) is 0 Å². The van der Waals surface area contributed by atoms with Crippen LogP contribution >= 0.6 is 0 Å². The van der Waals surface area contributed by atoms with E-state index < -0.39 is 29.6 Å². The zero-order valence-electron chi connectivity index (χ0n) is 9.03. The molecule has 0 bridgehead atoms. The molecule has 7 heteroatoms. The van der Waals surface area contributed by atoms with Crippen LogP contribution in [0.5, 0.6) is 0 Å². The summed E-state index contributed by atoms with van der Waals surface area (Å²) in [4.78, 5) is 10.7. The lowest BCUT2D eigenvalue weighted by Crippen LogP contribution is -2.19. The van der Waals surface area contributed by atoms with E-state index in [1.54, 1.807) is 6.92 Å². The van der Waals surface area contributed by atoms with Gasteiger partial charge in [-0.15, -0.1) is 0 Å². The number of nitrogens with zero attached hydrogens (tertiary/aromatic N) is 2. The van der Waals surface area contributed by atoms with Gasteiger partial charge in [0.05, 0.1) is 6.04 Å². The smallest absolute Gasteiger partial charge is 0.433 e. The lowest BCUT2D eigenvalue weighted by atomic mass is 10.2. The van der Waals surface area contributed by atoms with Crippen LogP contribution in [0.25, 0.3) is 0 Å². The number of halogens is 3. The predicted molar refractivity (Wildman–Crippen MR) is 51.6 cm³/mol. The monoisotopic (exact) mass is 248 g/mol. The van der Waals surface area contributed by atoms with Crippen molar-refractivity contribution in [3.63, 3.8) is 0 Å². The Balaban J connectivity index is 2.43. The minimum absolute atomic E-state index is 0.164. The Morgan fingerprint density at radius 1 is 1.59 bits per heavy atom. The maximum Gasteiger partial charge on any atom is 0.433 e. The van der Waals surface area contributed by atoms with Gasteiger partial charge in [-0.2, -0.15) is 18.3 Å². The van der Waals surface area contributed by atoms with Crippen LogP contribution in [-0.2, 0) is 6.18 Å². The van der Waals surface area contributed by atoms with Crippen LogP contribution < -0.4 is 0 Å². The fourth-order valence-corrected chi connectivity index (χ4v) is 1.80. The number of carbonyl (C=O) groups is 1. The molecule has 1 aromatic rings. The van der Waals surface area contributed by atoms with Crippen molar-refractivity contribution in [1.29, 1.82) is 0 Å². The second-order valence-electron chi connectivity index (χ2n) is 4.24. The highest BCUT2D eigenvalue weighted by molar-refractivity contribution is 5.85. The third kappa shape index (κ3) is 2.27. The van der Waals surface area contributed by atoms with Crippen molar-refractivity contribution in [3.05, 3.63) is 17.5 Å². The molecule has 0 aromatic carbocycles. The van der Waals surface area contributed by atoms with Gasteiger partial charge in [-0.1, -0.05) is 0 Å². The number of aromatic nitrogens is 2. The van der Waals surface area contributed by atoms with E-state index in [0.29, 0.717) is 6.07 Å². The molecule has 0 saturated heterocycles. The van der Waals surface area contributed by atoms with Crippen LogP contribution in [0.3, 0.4) is 0 Å². The Labute approximate surface area is 95.0 Å². The molecule has 0 amide bonds. The SMILES string of the molecule is C[C@@H](C1CC1)n1nc(C(=O)O)cc1C(F)(F)F. The third-order valence-corrected chi connectivity index (χ3v) is 2.94. The van der Waals surface area contributed by atoms with Crippen molar-refractivity contribution in [2.24, 2.45) is 5.92 Å². The topological polar surface area (TPSA) is 55.1 Å². The summed E-state index contributed by atoms with van der Waals surface area (Å²) in [6, 6.07) is 0.168. The Kier molecular flexibility index (Phi) is 2.63. The Bertz CT molecular complexity index is 449. The van der Waals surface area contributed by atoms with E-state index in [1.807, 2.05) is 0 Å². The summed E-state index contributed by atoms with van der Waals surface area (Å²) in [5, 5.41) is 12.2. The first-order chi connectivity index (χ1) is 7.80. The fraction of sp³-hybridized carbons (Fsp3) is 0.600. The highest BCUT2D eigenvalue weighted by Gasteiger charge is 2.40. The molecule has 1 aliphatic rings. The first kappa shape index (κ1) is 11.9. The van der Waals surface area contributed by atoms with Gasteiger partial charge in [0, 0.05) is 6.07 Å². The van der Waals surface area contributed by atoms with Crippen molar-refractivity contribution in [2.75, 3.05) is 0 Å². The van der Waals surface area contributed by atoms with E-state index in [4.69, 9.17) is 5.11 Å². The molecule has 1 aliphatic carbocycles. The maximum absolute atomic E-state index is 12.7. The van der Waals surface area contributed by atoms with Gasteiger partial charge in [-0.25, -0.2) is 4.79 Å². The summed E-state index contributed by atoms with van der Waals surface area (Å²) in [5.41, 5.74) is -1.56. The molecule has 0 radical (unpaired) electrons. The van der Waals surface area contributed by atoms with E-state index in [2.05, 4.69) is 5.10 Å². The largest absolute Gasteiger partial charge is 0.476 e. The van der Waals surface area contributed by atoms with E-state index >= 15 is 0 Å². The molecule has 1 saturated carbocycles. The van der Waals surface area contributed by atoms with Gasteiger partial charge in [-0.3, -0.25) is 4.68 Å². The van der Waals surface area contributed by atoms with Crippen molar-refractivity contribution in [3.8, 4) is 0 Å². The van der Waals surface area contributed by atoms with Crippen molar-refractivity contribution in [2.45, 2.75) is 32.0 Å². The quantitative estimate of drug-likeness (QED) is 0.894. The van der Waals surface area contributed by atoms with Crippen LogP contribution in [0.4, 0.5) is 13.2 Å². The lowest BCUT2D eigenvalue weighted by Gasteiger charge is -2.16. The van der Waals surface area contributed by atoms with Crippen LogP contribution in [0.2, 0.25) is 0 Å². The summed E-state index contributed by atoms with van der Waals surface area (Å²) in [6.07, 6.45) is -2.86. The van der Waals surface area contributed by atoms with Gasteiger partial charge >= 0.3 is 12.1 Å². The molecule has 1 aromatic heterocycles. The number of aromatic carboxylic acids is 1. The predicted octanol–water partition coefficient (Wildman–Crippen LogP) is 2.57. The molecule has 0 unspecified atom stereocenters. The second-order valence-corrected chi connectivity index (χ2v) is 4.24. The summed E-state index contributed by atoms with van der Waals surface area (Å²) in [6.45, 7) is 1.63. The average Bonchev–Trinajstić information content (AvgIpc) is 2.92. The number of carboxylic acid groups (broad SMARTS) is 1. The van der Waals surface area contributed by atoms with Gasteiger partial charge in [0.25, 0.3) is 0 Å². The minimum Gasteiger partial charge on any atom is -0.476 e. The number of alkyl halides is 3. The molecule has 1 fully saturated rings. The first-order valence-corrected chi connectivity index (χ1v) is 5.20. The molecular formula is C10H11F3N2O2. The Hall–Kier alpha value is -1.53. The molecule has 94 valence electrons. The summed E-state index contributed by atoms with van der Waals surface area (Å²) < 4.78 is 38.9. The second kappa shape index (κ2) is 3.75. The van der Waals surface area contributed by atoms with E-state index in [0.717, 1.165) is 17.5 Å². The van der Waals surface area contributed by atoms with Crippen LogP contribution in [0, 0.1) is 5.92 Å². The fourth-order valence-electron chi connectivity index (χ4n) is 1.80. The molecular weight excluding hydrogens is 237 g/mol. The number of carboxylic acids is 1. The number of hydrogen-bond acceptors (Lipinski definition) is 2. The normalized spacial score (nSPS) is 18.1. The Morgan fingerprint density at radius 3 is 2.59 bits per heavy atom. The molecule has 0 spiro atoms. The third-order valence-electron chi connectivity index (χ3n) is 2.94. The molecule has 1 heterocycles. The summed E-state index contributed by atoms with van der Waals surface area (Å²) in [7, 11) is 0. The van der Waals surface area contributed by atoms with Gasteiger partial charge < -0.3 is 5.11 Å². The number of rotatable bonds is 3. The zero-order valence-corrected chi connectivity index (χ0v) is 9.03. The summed E-state index contributed by atoms with van der Waals surface area (Å²) in [5.74, 6) is -1.28. The molecule has 1 atom stereocenters. The maximum atomic E-state index is 12.7. The highest BCUT2D eigenvalue weighted by atomic mass is 19.4. The van der Waals surface area contributed by atoms with Crippen LogP contribution in [-0.4, -0.2) is 20.9 Å². The molecule has 1 N–H and O–H groups in total. The number of hydrogen-bond donors (Lipinski definition) is 1. The van der Waals surface area contributed by atoms with Crippen molar-refractivity contribution >= 4 is 5.97 Å². The first-order valence-electron chi connectivity index (χ1n) is 5.20. The van der Waals surface area contributed by atoms with Gasteiger partial charge in [0.1, 0.15) is 5.69 Å². The molecule has 17 heavy (non-hydrogen) atoms.